The summed E-state index contributed by atoms with van der Waals surface area (Å²) in [7, 11) is -4.24. The lowest BCUT2D eigenvalue weighted by Crippen LogP contribution is -2.14. The average molecular weight is 613 g/mol. The van der Waals surface area contributed by atoms with Crippen molar-refractivity contribution in [1.82, 2.24) is 14.8 Å². The number of hydrogen-bond donors (Lipinski definition) is 2. The van der Waals surface area contributed by atoms with Crippen molar-refractivity contribution in [3.8, 4) is 26.8 Å². The van der Waals surface area contributed by atoms with Gasteiger partial charge in [-0.3, -0.25) is 0 Å². The maximum absolute atomic E-state index is 14.9. The highest BCUT2D eigenvalue weighted by atomic mass is 32.2. The fourth-order valence-corrected chi connectivity index (χ4v) is 6.81. The molecule has 0 saturated heterocycles. The number of carbonyl (C=O) groups is 1. The lowest BCUT2D eigenvalue weighted by atomic mass is 9.96. The van der Waals surface area contributed by atoms with E-state index in [1.807, 2.05) is 17.5 Å². The molecule has 0 amide bonds. The van der Waals surface area contributed by atoms with Crippen molar-refractivity contribution in [3.05, 3.63) is 93.4 Å². The number of nitrogens with zero attached hydrogens (tertiary/aromatic N) is 3. The lowest BCUT2D eigenvalue weighted by molar-refractivity contribution is 0.0691. The molecule has 3 heterocycles. The summed E-state index contributed by atoms with van der Waals surface area (Å²) in [6, 6.07) is 12.1. The summed E-state index contributed by atoms with van der Waals surface area (Å²) in [6.45, 7) is 0. The van der Waals surface area contributed by atoms with E-state index < -0.39 is 26.7 Å². The van der Waals surface area contributed by atoms with Crippen molar-refractivity contribution in [2.45, 2.75) is 30.6 Å². The van der Waals surface area contributed by atoms with Crippen LogP contribution < -0.4 is 5.14 Å². The second-order valence-corrected chi connectivity index (χ2v) is 13.1. The van der Waals surface area contributed by atoms with Crippen molar-refractivity contribution < 1.29 is 27.1 Å². The number of hydrogen-bond acceptors (Lipinski definition) is 7. The molecule has 1 fully saturated rings. The molecule has 8 nitrogen and oxygen atoms in total. The van der Waals surface area contributed by atoms with E-state index in [-0.39, 0.29) is 17.9 Å². The summed E-state index contributed by atoms with van der Waals surface area (Å²) in [5.74, 6) is -2.11. The lowest BCUT2D eigenvalue weighted by Gasteiger charge is -2.10. The van der Waals surface area contributed by atoms with Gasteiger partial charge in [0.25, 0.3) is 0 Å². The Morgan fingerprint density at radius 3 is 2.54 bits per heavy atom. The van der Waals surface area contributed by atoms with Crippen LogP contribution in [-0.2, 0) is 22.9 Å². The normalized spacial score (nSPS) is 13.5. The van der Waals surface area contributed by atoms with Gasteiger partial charge in [0, 0.05) is 33.4 Å². The molecule has 0 radical (unpaired) electrons. The molecule has 0 unspecified atom stereocenters. The minimum absolute atomic E-state index is 0.108. The second kappa shape index (κ2) is 10.6. The van der Waals surface area contributed by atoms with E-state index >= 15 is 0 Å². The largest absolute Gasteiger partial charge is 0.476 e. The standard InChI is InChI=1S/C28H22F2N4O4S3/c29-20-7-6-17(13-18(20)24-2-1-9-39-24)26-19(10-16-5-8-25(21(30)11-16)41(31,37)38)23(12-15-3-4-15)34(33-26)28-32-22(14-40-28)27(35)36/h1-2,5-9,11,13-15H,3-4,10,12H2,(H,35,36)(H2,31,37,38). The molecule has 3 aromatic heterocycles. The smallest absolute Gasteiger partial charge is 0.355 e. The van der Waals surface area contributed by atoms with Crippen LogP contribution in [0, 0.1) is 17.6 Å². The molecule has 1 aliphatic rings. The summed E-state index contributed by atoms with van der Waals surface area (Å²) in [6.07, 6.45) is 2.85. The van der Waals surface area contributed by atoms with Crippen LogP contribution in [0.25, 0.3) is 26.8 Å². The van der Waals surface area contributed by atoms with Gasteiger partial charge >= 0.3 is 5.97 Å². The molecule has 1 saturated carbocycles. The van der Waals surface area contributed by atoms with Crippen LogP contribution in [0.5, 0.6) is 0 Å². The first kappa shape index (κ1) is 27.4. The Kier molecular flexibility index (Phi) is 7.06. The topological polar surface area (TPSA) is 128 Å². The van der Waals surface area contributed by atoms with Crippen molar-refractivity contribution in [2.24, 2.45) is 11.1 Å². The summed E-state index contributed by atoms with van der Waals surface area (Å²) in [5.41, 5.74) is 3.44. The van der Waals surface area contributed by atoms with Gasteiger partial charge in [-0.2, -0.15) is 5.10 Å². The van der Waals surface area contributed by atoms with E-state index in [9.17, 15) is 27.1 Å². The van der Waals surface area contributed by atoms with Gasteiger partial charge in [-0.15, -0.1) is 22.7 Å². The molecule has 5 aromatic rings. The van der Waals surface area contributed by atoms with Gasteiger partial charge in [0.05, 0.1) is 11.4 Å². The highest BCUT2D eigenvalue weighted by molar-refractivity contribution is 7.89. The zero-order valence-electron chi connectivity index (χ0n) is 21.3. The van der Waals surface area contributed by atoms with Crippen LogP contribution in [0.1, 0.15) is 40.2 Å². The molecule has 13 heteroatoms. The minimum atomic E-state index is -4.24. The quantitative estimate of drug-likeness (QED) is 0.214. The van der Waals surface area contributed by atoms with Gasteiger partial charge < -0.3 is 5.11 Å². The zero-order chi connectivity index (χ0) is 28.9. The van der Waals surface area contributed by atoms with Crippen molar-refractivity contribution in [2.75, 3.05) is 0 Å². The number of aromatic carboxylic acids is 1. The predicted octanol–water partition coefficient (Wildman–Crippen LogP) is 5.89. The number of thiophene rings is 1. The number of benzene rings is 2. The Labute approximate surface area is 241 Å². The molecule has 3 N–H and O–H groups in total. The Morgan fingerprint density at radius 1 is 1.10 bits per heavy atom. The van der Waals surface area contributed by atoms with Crippen molar-refractivity contribution >= 4 is 38.7 Å². The van der Waals surface area contributed by atoms with Gasteiger partial charge in [-0.1, -0.05) is 12.1 Å². The van der Waals surface area contributed by atoms with Gasteiger partial charge in [-0.05, 0) is 72.5 Å². The average Bonchev–Trinajstić information content (AvgIpc) is 3.29. The molecule has 0 aliphatic heterocycles. The first-order valence-corrected chi connectivity index (χ1v) is 15.8. The first-order valence-electron chi connectivity index (χ1n) is 12.5. The molecule has 1 aliphatic carbocycles. The number of rotatable bonds is 9. The highest BCUT2D eigenvalue weighted by Crippen LogP contribution is 2.39. The van der Waals surface area contributed by atoms with Gasteiger partial charge in [0.1, 0.15) is 16.5 Å². The molecular formula is C28H22F2N4O4S3. The Balaban J connectivity index is 1.54. The van der Waals surface area contributed by atoms with Crippen LogP contribution in [0.4, 0.5) is 8.78 Å². The molecule has 6 rings (SSSR count). The predicted molar refractivity (Wildman–Crippen MR) is 152 cm³/mol. The second-order valence-electron chi connectivity index (χ2n) is 9.81. The fraction of sp³-hybridized carbons (Fsp3) is 0.179. The molecule has 0 atom stereocenters. The molecule has 41 heavy (non-hydrogen) atoms. The maximum atomic E-state index is 14.9. The van der Waals surface area contributed by atoms with Gasteiger partial charge in [0.15, 0.2) is 5.69 Å². The Morgan fingerprint density at radius 2 is 1.90 bits per heavy atom. The third-order valence-electron chi connectivity index (χ3n) is 6.87. The van der Waals surface area contributed by atoms with E-state index in [1.54, 1.807) is 16.8 Å². The van der Waals surface area contributed by atoms with E-state index in [4.69, 9.17) is 10.2 Å². The highest BCUT2D eigenvalue weighted by Gasteiger charge is 2.30. The molecule has 0 bridgehead atoms. The van der Waals surface area contributed by atoms with Crippen LogP contribution >= 0.6 is 22.7 Å². The Bertz CT molecular complexity index is 1900. The first-order chi connectivity index (χ1) is 19.6. The number of aromatic nitrogens is 3. The van der Waals surface area contributed by atoms with Gasteiger partial charge in [-0.25, -0.2) is 36.8 Å². The van der Waals surface area contributed by atoms with Crippen molar-refractivity contribution in [3.63, 3.8) is 0 Å². The van der Waals surface area contributed by atoms with Gasteiger partial charge in [0.2, 0.25) is 15.2 Å². The zero-order valence-corrected chi connectivity index (χ0v) is 23.7. The van der Waals surface area contributed by atoms with Crippen LogP contribution in [-0.4, -0.2) is 34.3 Å². The molecular weight excluding hydrogens is 591 g/mol. The molecule has 0 spiro atoms. The van der Waals surface area contributed by atoms with Crippen LogP contribution in [0.15, 0.2) is 64.2 Å². The van der Waals surface area contributed by atoms with Crippen LogP contribution in [0.3, 0.4) is 0 Å². The van der Waals surface area contributed by atoms with Crippen molar-refractivity contribution in [1.29, 1.82) is 0 Å². The van der Waals surface area contributed by atoms with Crippen LogP contribution in [0.2, 0.25) is 0 Å². The third-order valence-corrected chi connectivity index (χ3v) is 9.53. The summed E-state index contributed by atoms with van der Waals surface area (Å²) in [5, 5.41) is 23.1. The Hall–Kier alpha value is -3.78. The summed E-state index contributed by atoms with van der Waals surface area (Å²) >= 11 is 2.54. The number of carboxylic acid groups (broad SMARTS) is 1. The minimum Gasteiger partial charge on any atom is -0.476 e. The maximum Gasteiger partial charge on any atom is 0.355 e. The van der Waals surface area contributed by atoms with E-state index in [1.165, 1.54) is 28.8 Å². The third kappa shape index (κ3) is 5.58. The fourth-order valence-electron chi connectivity index (χ4n) is 4.71. The van der Waals surface area contributed by atoms with E-state index in [2.05, 4.69) is 4.98 Å². The number of nitrogens with two attached hydrogens (primary N) is 1. The molecule has 210 valence electrons. The number of sulfonamides is 1. The summed E-state index contributed by atoms with van der Waals surface area (Å²) in [4.78, 5) is 16.0. The monoisotopic (exact) mass is 612 g/mol. The van der Waals surface area contributed by atoms with E-state index in [0.29, 0.717) is 39.9 Å². The number of carboxylic acids is 1. The SMILES string of the molecule is NS(=O)(=O)c1ccc(Cc2c(-c3ccc(F)c(-c4cccs4)c3)nn(-c3nc(C(=O)O)cs3)c2CC2CC2)cc1F. The molecule has 2 aromatic carbocycles. The number of thiazole rings is 1. The van der Waals surface area contributed by atoms with E-state index in [0.717, 1.165) is 52.4 Å². The summed E-state index contributed by atoms with van der Waals surface area (Å²) < 4.78 is 54.9. The number of primary sulfonamides is 1. The number of halogens is 2.